The lowest BCUT2D eigenvalue weighted by molar-refractivity contribution is 0.625. The van der Waals surface area contributed by atoms with Crippen LogP contribution in [0.4, 0.5) is 4.39 Å². The average Bonchev–Trinajstić information content (AvgIpc) is 2.85. The van der Waals surface area contributed by atoms with E-state index in [1.54, 1.807) is 23.5 Å². The number of thiazole rings is 1. The van der Waals surface area contributed by atoms with Crippen LogP contribution in [-0.4, -0.2) is 4.98 Å². The summed E-state index contributed by atoms with van der Waals surface area (Å²) in [6, 6.07) is 14.3. The molecule has 1 aromatic heterocycles. The van der Waals surface area contributed by atoms with Gasteiger partial charge in [-0.1, -0.05) is 24.3 Å². The van der Waals surface area contributed by atoms with Gasteiger partial charge in [0.05, 0.1) is 16.3 Å². The van der Waals surface area contributed by atoms with Crippen molar-refractivity contribution < 1.29 is 4.39 Å². The second-order valence-corrected chi connectivity index (χ2v) is 5.52. The Morgan fingerprint density at radius 3 is 2.58 bits per heavy atom. The first kappa shape index (κ1) is 12.3. The first-order chi connectivity index (χ1) is 9.22. The number of nitrogens with zero attached hydrogens (tertiary/aromatic N) is 1. The van der Waals surface area contributed by atoms with E-state index in [-0.39, 0.29) is 11.9 Å². The van der Waals surface area contributed by atoms with Gasteiger partial charge in [0.15, 0.2) is 0 Å². The number of fused-ring (bicyclic) bond motifs is 1. The number of para-hydroxylation sites is 1. The predicted octanol–water partition coefficient (Wildman–Crippen LogP) is 3.68. The molecular formula is C15H13FN2S. The molecule has 2 aromatic carbocycles. The Balaban J connectivity index is 1.83. The fourth-order valence-corrected chi connectivity index (χ4v) is 2.98. The quantitative estimate of drug-likeness (QED) is 0.790. The van der Waals surface area contributed by atoms with Gasteiger partial charge in [-0.2, -0.15) is 0 Å². The van der Waals surface area contributed by atoms with Gasteiger partial charge in [-0.3, -0.25) is 0 Å². The molecule has 0 aliphatic heterocycles. The molecule has 1 atom stereocenters. The van der Waals surface area contributed by atoms with Gasteiger partial charge < -0.3 is 5.73 Å². The fraction of sp³-hybridized carbons (Fsp3) is 0.133. The van der Waals surface area contributed by atoms with E-state index in [2.05, 4.69) is 4.98 Å². The van der Waals surface area contributed by atoms with Crippen molar-refractivity contribution in [2.45, 2.75) is 12.5 Å². The Bertz CT molecular complexity index is 658. The van der Waals surface area contributed by atoms with E-state index in [9.17, 15) is 4.39 Å². The highest BCUT2D eigenvalue weighted by atomic mass is 32.1. The predicted molar refractivity (Wildman–Crippen MR) is 76.7 cm³/mol. The van der Waals surface area contributed by atoms with Gasteiger partial charge in [0, 0.05) is 0 Å². The van der Waals surface area contributed by atoms with Crippen molar-refractivity contribution in [1.82, 2.24) is 4.98 Å². The van der Waals surface area contributed by atoms with Gasteiger partial charge in [-0.15, -0.1) is 11.3 Å². The van der Waals surface area contributed by atoms with Crippen molar-refractivity contribution in [2.75, 3.05) is 0 Å². The summed E-state index contributed by atoms with van der Waals surface area (Å²) >= 11 is 1.62. The molecule has 96 valence electrons. The summed E-state index contributed by atoms with van der Waals surface area (Å²) < 4.78 is 14.0. The van der Waals surface area contributed by atoms with Crippen LogP contribution in [0.1, 0.15) is 16.6 Å². The molecule has 2 N–H and O–H groups in total. The molecule has 0 spiro atoms. The zero-order valence-corrected chi connectivity index (χ0v) is 11.0. The highest BCUT2D eigenvalue weighted by Crippen LogP contribution is 2.26. The molecule has 0 aliphatic rings. The van der Waals surface area contributed by atoms with Crippen LogP contribution in [0.5, 0.6) is 0 Å². The Hall–Kier alpha value is -1.78. The van der Waals surface area contributed by atoms with Gasteiger partial charge in [0.25, 0.3) is 0 Å². The molecule has 3 aromatic rings. The maximum Gasteiger partial charge on any atom is 0.123 e. The SMILES string of the molecule is NC(Cc1ccc(F)cc1)c1nc2ccccc2s1. The van der Waals surface area contributed by atoms with Gasteiger partial charge >= 0.3 is 0 Å². The topological polar surface area (TPSA) is 38.9 Å². The van der Waals surface area contributed by atoms with Gasteiger partial charge in [0.1, 0.15) is 10.8 Å². The first-order valence-corrected chi connectivity index (χ1v) is 6.89. The Labute approximate surface area is 114 Å². The van der Waals surface area contributed by atoms with Crippen LogP contribution in [0.25, 0.3) is 10.2 Å². The number of benzene rings is 2. The third-order valence-corrected chi connectivity index (χ3v) is 4.16. The smallest absolute Gasteiger partial charge is 0.123 e. The molecule has 1 unspecified atom stereocenters. The molecule has 19 heavy (non-hydrogen) atoms. The lowest BCUT2D eigenvalue weighted by Crippen LogP contribution is -2.12. The summed E-state index contributed by atoms with van der Waals surface area (Å²) in [7, 11) is 0. The third kappa shape index (κ3) is 2.64. The molecule has 4 heteroatoms. The van der Waals surface area contributed by atoms with Crippen LogP contribution in [0.2, 0.25) is 0 Å². The zero-order chi connectivity index (χ0) is 13.2. The van der Waals surface area contributed by atoms with Crippen molar-refractivity contribution in [3.63, 3.8) is 0 Å². The largest absolute Gasteiger partial charge is 0.322 e. The summed E-state index contributed by atoms with van der Waals surface area (Å²) in [4.78, 5) is 4.55. The maximum atomic E-state index is 12.8. The van der Waals surface area contributed by atoms with Gasteiger partial charge in [-0.25, -0.2) is 9.37 Å². The van der Waals surface area contributed by atoms with Crippen molar-refractivity contribution in [1.29, 1.82) is 0 Å². The van der Waals surface area contributed by atoms with Crippen molar-refractivity contribution >= 4 is 21.6 Å². The summed E-state index contributed by atoms with van der Waals surface area (Å²) in [5, 5.41) is 0.922. The minimum Gasteiger partial charge on any atom is -0.322 e. The number of hydrogen-bond acceptors (Lipinski definition) is 3. The summed E-state index contributed by atoms with van der Waals surface area (Å²) in [5.41, 5.74) is 8.19. The van der Waals surface area contributed by atoms with Crippen LogP contribution in [-0.2, 0) is 6.42 Å². The molecular weight excluding hydrogens is 259 g/mol. The summed E-state index contributed by atoms with van der Waals surface area (Å²) in [6.07, 6.45) is 0.667. The summed E-state index contributed by atoms with van der Waals surface area (Å²) in [5.74, 6) is -0.225. The highest BCUT2D eigenvalue weighted by Gasteiger charge is 2.12. The van der Waals surface area contributed by atoms with E-state index in [4.69, 9.17) is 5.73 Å². The Morgan fingerprint density at radius 2 is 1.84 bits per heavy atom. The zero-order valence-electron chi connectivity index (χ0n) is 10.2. The number of aromatic nitrogens is 1. The van der Waals surface area contributed by atoms with E-state index in [0.717, 1.165) is 20.8 Å². The summed E-state index contributed by atoms with van der Waals surface area (Å²) in [6.45, 7) is 0. The highest BCUT2D eigenvalue weighted by molar-refractivity contribution is 7.18. The van der Waals surface area contributed by atoms with Crippen LogP contribution in [0.15, 0.2) is 48.5 Å². The minimum atomic E-state index is -0.225. The van der Waals surface area contributed by atoms with Crippen molar-refractivity contribution in [2.24, 2.45) is 5.73 Å². The molecule has 1 heterocycles. The van der Waals surface area contributed by atoms with E-state index < -0.39 is 0 Å². The normalized spacial score (nSPS) is 12.7. The first-order valence-electron chi connectivity index (χ1n) is 6.08. The van der Waals surface area contributed by atoms with E-state index in [0.29, 0.717) is 6.42 Å². The lowest BCUT2D eigenvalue weighted by atomic mass is 10.1. The molecule has 2 nitrogen and oxygen atoms in total. The molecule has 0 amide bonds. The van der Waals surface area contributed by atoms with Crippen molar-refractivity contribution in [3.05, 3.63) is 64.9 Å². The number of halogens is 1. The molecule has 0 radical (unpaired) electrons. The Morgan fingerprint density at radius 1 is 1.11 bits per heavy atom. The van der Waals surface area contributed by atoms with Crippen LogP contribution >= 0.6 is 11.3 Å². The van der Waals surface area contributed by atoms with Crippen LogP contribution < -0.4 is 5.73 Å². The third-order valence-electron chi connectivity index (χ3n) is 3.00. The number of rotatable bonds is 3. The number of hydrogen-bond donors (Lipinski definition) is 1. The second-order valence-electron chi connectivity index (χ2n) is 4.46. The molecule has 0 fully saturated rings. The second kappa shape index (κ2) is 5.07. The van der Waals surface area contributed by atoms with Crippen LogP contribution in [0, 0.1) is 5.82 Å². The fourth-order valence-electron chi connectivity index (χ4n) is 2.01. The van der Waals surface area contributed by atoms with Crippen LogP contribution in [0.3, 0.4) is 0 Å². The van der Waals surface area contributed by atoms with Gasteiger partial charge in [0.2, 0.25) is 0 Å². The van der Waals surface area contributed by atoms with E-state index >= 15 is 0 Å². The van der Waals surface area contributed by atoms with Crippen molar-refractivity contribution in [3.8, 4) is 0 Å². The van der Waals surface area contributed by atoms with Gasteiger partial charge in [-0.05, 0) is 36.2 Å². The molecule has 3 rings (SSSR count). The minimum absolute atomic E-state index is 0.150. The molecule has 0 saturated carbocycles. The molecule has 0 bridgehead atoms. The molecule has 0 saturated heterocycles. The maximum absolute atomic E-state index is 12.8. The average molecular weight is 272 g/mol. The Kier molecular flexibility index (Phi) is 3.27. The van der Waals surface area contributed by atoms with E-state index in [1.165, 1.54) is 12.1 Å². The standard InChI is InChI=1S/C15H13FN2S/c16-11-7-5-10(6-8-11)9-12(17)15-18-13-3-1-2-4-14(13)19-15/h1-8,12H,9,17H2. The lowest BCUT2D eigenvalue weighted by Gasteiger charge is -2.08. The monoisotopic (exact) mass is 272 g/mol. The number of nitrogens with two attached hydrogens (primary N) is 1. The van der Waals surface area contributed by atoms with E-state index in [1.807, 2.05) is 24.3 Å². The molecule has 0 aliphatic carbocycles.